The number of anilines is 2. The van der Waals surface area contributed by atoms with E-state index in [4.69, 9.17) is 0 Å². The highest BCUT2D eigenvalue weighted by molar-refractivity contribution is 7.92. The molecule has 0 aliphatic rings. The molecule has 4 rings (SSSR count). The molecule has 4 aromatic rings. The van der Waals surface area contributed by atoms with E-state index in [1.807, 2.05) is 33.2 Å². The zero-order valence-corrected chi connectivity index (χ0v) is 20.5. The molecule has 0 fully saturated rings. The van der Waals surface area contributed by atoms with E-state index in [0.29, 0.717) is 23.6 Å². The highest BCUT2D eigenvalue weighted by Gasteiger charge is 2.19. The smallest absolute Gasteiger partial charge is 0.261 e. The Balaban J connectivity index is 1.61. The Hall–Kier alpha value is -4.12. The second-order valence-corrected chi connectivity index (χ2v) is 9.89. The van der Waals surface area contributed by atoms with Gasteiger partial charge in [0.05, 0.1) is 22.8 Å². The molecule has 11 heteroatoms. The first-order chi connectivity index (χ1) is 16.7. The fourth-order valence-electron chi connectivity index (χ4n) is 3.57. The van der Waals surface area contributed by atoms with Gasteiger partial charge in [0.15, 0.2) is 0 Å². The monoisotopic (exact) mass is 493 g/mol. The maximum absolute atomic E-state index is 13.1. The number of nitrogens with zero attached hydrogens (tertiary/aromatic N) is 3. The molecule has 0 unspecified atom stereocenters. The molecule has 0 saturated carbocycles. The zero-order chi connectivity index (χ0) is 25.0. The van der Waals surface area contributed by atoms with Gasteiger partial charge in [0, 0.05) is 48.0 Å². The lowest BCUT2D eigenvalue weighted by molar-refractivity contribution is 0.0950. The Labute approximate surface area is 203 Å². The second-order valence-electron chi connectivity index (χ2n) is 8.21. The molecule has 0 aliphatic heterocycles. The number of sulfonamides is 1. The van der Waals surface area contributed by atoms with E-state index in [-0.39, 0.29) is 17.0 Å². The number of H-pyrrole nitrogens is 1. The van der Waals surface area contributed by atoms with E-state index < -0.39 is 15.9 Å². The van der Waals surface area contributed by atoms with E-state index in [1.165, 1.54) is 12.1 Å². The van der Waals surface area contributed by atoms with Gasteiger partial charge in [-0.2, -0.15) is 10.2 Å². The minimum absolute atomic E-state index is 0.0324. The minimum atomic E-state index is -3.95. The number of para-hydroxylation sites is 1. The van der Waals surface area contributed by atoms with Gasteiger partial charge in [-0.3, -0.25) is 19.3 Å². The van der Waals surface area contributed by atoms with Crippen molar-refractivity contribution >= 4 is 27.3 Å². The number of carbonyl (C=O) groups excluding carboxylic acids is 1. The molecule has 0 saturated heterocycles. The third kappa shape index (κ3) is 6.07. The van der Waals surface area contributed by atoms with Crippen molar-refractivity contribution < 1.29 is 13.2 Å². The van der Waals surface area contributed by atoms with Crippen LogP contribution >= 0.6 is 0 Å². The largest absolute Gasteiger partial charge is 0.381 e. The zero-order valence-electron chi connectivity index (χ0n) is 19.7. The van der Waals surface area contributed by atoms with Gasteiger partial charge in [-0.05, 0) is 50.2 Å². The summed E-state index contributed by atoms with van der Waals surface area (Å²) in [6.45, 7) is 4.40. The summed E-state index contributed by atoms with van der Waals surface area (Å²) in [6.07, 6.45) is 1.89. The Morgan fingerprint density at radius 3 is 2.46 bits per heavy atom. The molecule has 182 valence electrons. The third-order valence-electron chi connectivity index (χ3n) is 5.29. The number of rotatable bonds is 9. The first kappa shape index (κ1) is 24.0. The lowest BCUT2D eigenvalue weighted by atomic mass is 10.1. The van der Waals surface area contributed by atoms with Gasteiger partial charge in [0.1, 0.15) is 0 Å². The van der Waals surface area contributed by atoms with Crippen molar-refractivity contribution in [1.29, 1.82) is 0 Å². The van der Waals surface area contributed by atoms with Gasteiger partial charge in [0.25, 0.3) is 15.9 Å². The molecule has 0 radical (unpaired) electrons. The number of aryl methyl sites for hydroxylation is 3. The van der Waals surface area contributed by atoms with Crippen molar-refractivity contribution in [2.45, 2.75) is 31.8 Å². The molecule has 0 atom stereocenters. The van der Waals surface area contributed by atoms with E-state index in [9.17, 15) is 13.2 Å². The highest BCUT2D eigenvalue weighted by atomic mass is 32.2. The van der Waals surface area contributed by atoms with E-state index in [2.05, 4.69) is 30.7 Å². The number of aromatic nitrogens is 4. The van der Waals surface area contributed by atoms with Crippen LogP contribution in [0.2, 0.25) is 0 Å². The van der Waals surface area contributed by atoms with Crippen LogP contribution in [0, 0.1) is 13.8 Å². The molecule has 10 nitrogen and oxygen atoms in total. The van der Waals surface area contributed by atoms with Crippen molar-refractivity contribution in [3.63, 3.8) is 0 Å². The minimum Gasteiger partial charge on any atom is -0.381 e. The predicted octanol–water partition coefficient (Wildman–Crippen LogP) is 3.10. The van der Waals surface area contributed by atoms with Crippen LogP contribution in [0.25, 0.3) is 0 Å². The van der Waals surface area contributed by atoms with Crippen LogP contribution in [0.3, 0.4) is 0 Å². The van der Waals surface area contributed by atoms with Gasteiger partial charge < -0.3 is 10.6 Å². The second kappa shape index (κ2) is 10.0. The molecule has 0 spiro atoms. The van der Waals surface area contributed by atoms with Gasteiger partial charge in [0.2, 0.25) is 0 Å². The molecule has 1 amide bonds. The summed E-state index contributed by atoms with van der Waals surface area (Å²) in [5, 5.41) is 17.3. The number of nitrogens with one attached hydrogen (secondary N) is 4. The van der Waals surface area contributed by atoms with E-state index in [1.54, 1.807) is 41.1 Å². The van der Waals surface area contributed by atoms with Crippen molar-refractivity contribution in [1.82, 2.24) is 25.3 Å². The van der Waals surface area contributed by atoms with Crippen LogP contribution in [0.5, 0.6) is 0 Å². The SMILES string of the molecule is Cc1cc(CNC(=O)c2cc(NCc3cn(C)nc3C)cc(S(=O)(=O)Nc3ccccc3)c2)n[nH]1. The fourth-order valence-corrected chi connectivity index (χ4v) is 4.69. The first-order valence-corrected chi connectivity index (χ1v) is 12.4. The maximum atomic E-state index is 13.1. The molecular formula is C24H27N7O3S. The summed E-state index contributed by atoms with van der Waals surface area (Å²) < 4.78 is 30.6. The highest BCUT2D eigenvalue weighted by Crippen LogP contribution is 2.23. The number of hydrogen-bond donors (Lipinski definition) is 4. The molecule has 35 heavy (non-hydrogen) atoms. The summed E-state index contributed by atoms with van der Waals surface area (Å²) >= 11 is 0. The summed E-state index contributed by atoms with van der Waals surface area (Å²) in [5.74, 6) is -0.414. The quantitative estimate of drug-likeness (QED) is 0.283. The number of amides is 1. The van der Waals surface area contributed by atoms with Crippen LogP contribution < -0.4 is 15.4 Å². The van der Waals surface area contributed by atoms with Crippen molar-refractivity contribution in [3.8, 4) is 0 Å². The fraction of sp³-hybridized carbons (Fsp3) is 0.208. The molecular weight excluding hydrogens is 466 g/mol. The molecule has 2 aromatic heterocycles. The lowest BCUT2D eigenvalue weighted by Gasteiger charge is -2.13. The summed E-state index contributed by atoms with van der Waals surface area (Å²) in [6, 6.07) is 14.9. The topological polar surface area (TPSA) is 134 Å². The lowest BCUT2D eigenvalue weighted by Crippen LogP contribution is -2.24. The third-order valence-corrected chi connectivity index (χ3v) is 6.65. The molecule has 2 aromatic carbocycles. The average molecular weight is 494 g/mol. The van der Waals surface area contributed by atoms with Crippen LogP contribution in [0.15, 0.2) is 65.7 Å². The van der Waals surface area contributed by atoms with Crippen molar-refractivity contribution in [2.75, 3.05) is 10.0 Å². The van der Waals surface area contributed by atoms with Gasteiger partial charge >= 0.3 is 0 Å². The van der Waals surface area contributed by atoms with Gasteiger partial charge in [-0.25, -0.2) is 8.42 Å². The Morgan fingerprint density at radius 1 is 1.03 bits per heavy atom. The maximum Gasteiger partial charge on any atom is 0.261 e. The van der Waals surface area contributed by atoms with E-state index >= 15 is 0 Å². The summed E-state index contributed by atoms with van der Waals surface area (Å²) in [7, 11) is -2.11. The normalized spacial score (nSPS) is 11.3. The van der Waals surface area contributed by atoms with Crippen LogP contribution in [-0.2, 0) is 30.2 Å². The average Bonchev–Trinajstić information content (AvgIpc) is 3.39. The number of hydrogen-bond acceptors (Lipinski definition) is 6. The molecule has 4 N–H and O–H groups in total. The van der Waals surface area contributed by atoms with Crippen molar-refractivity contribution in [2.24, 2.45) is 7.05 Å². The van der Waals surface area contributed by atoms with Gasteiger partial charge in [-0.1, -0.05) is 18.2 Å². The summed E-state index contributed by atoms with van der Waals surface area (Å²) in [4.78, 5) is 12.9. The van der Waals surface area contributed by atoms with E-state index in [0.717, 1.165) is 17.0 Å². The Morgan fingerprint density at radius 2 is 1.80 bits per heavy atom. The Kier molecular flexibility index (Phi) is 6.87. The first-order valence-electron chi connectivity index (χ1n) is 10.9. The number of aromatic amines is 1. The van der Waals surface area contributed by atoms with Crippen LogP contribution in [0.1, 0.15) is 33.0 Å². The Bertz CT molecular complexity index is 1440. The molecule has 0 bridgehead atoms. The van der Waals surface area contributed by atoms with Crippen LogP contribution in [0.4, 0.5) is 11.4 Å². The number of carbonyl (C=O) groups is 1. The number of benzene rings is 2. The standard InChI is InChI=1S/C24H27N7O3S/c1-16-9-22(28-27-16)14-26-24(32)18-10-21(25-13-19-15-31(3)29-17(19)2)12-23(11-18)35(33,34)30-20-7-5-4-6-8-20/h4-12,15,25,30H,13-14H2,1-3H3,(H,26,32)(H,27,28). The molecule has 2 heterocycles. The van der Waals surface area contributed by atoms with Crippen molar-refractivity contribution in [3.05, 3.63) is 89.0 Å². The van der Waals surface area contributed by atoms with Gasteiger partial charge in [-0.15, -0.1) is 0 Å². The predicted molar refractivity (Wildman–Crippen MR) is 133 cm³/mol. The summed E-state index contributed by atoms with van der Waals surface area (Å²) in [5.41, 5.74) is 4.51. The molecule has 0 aliphatic carbocycles. The van der Waals surface area contributed by atoms with Crippen LogP contribution in [-0.4, -0.2) is 34.3 Å².